The molecular formula is C16H18N6O. The summed E-state index contributed by atoms with van der Waals surface area (Å²) in [5, 5.41) is 8.83. The number of benzene rings is 1. The van der Waals surface area contributed by atoms with Crippen molar-refractivity contribution in [1.82, 2.24) is 29.5 Å². The lowest BCUT2D eigenvalue weighted by Crippen LogP contribution is -2.22. The molecule has 0 N–H and O–H groups in total. The van der Waals surface area contributed by atoms with Crippen molar-refractivity contribution in [3.63, 3.8) is 0 Å². The number of para-hydroxylation sites is 2. The standard InChI is InChI=1S/C16H18N6O/c1-11-19-16(12-7-8-21-15(9-12)17-10-18-21)22(20-11)13-5-3-4-6-14(13)23-2/h3-6,10,12H,7-9H2,1-2H3. The molecule has 0 saturated heterocycles. The van der Waals surface area contributed by atoms with Crippen LogP contribution in [-0.4, -0.2) is 36.6 Å². The normalized spacial score (nSPS) is 17.0. The number of fused-ring (bicyclic) bond motifs is 1. The third kappa shape index (κ3) is 2.38. The maximum Gasteiger partial charge on any atom is 0.148 e. The molecule has 1 aliphatic rings. The van der Waals surface area contributed by atoms with E-state index in [0.717, 1.165) is 48.3 Å². The first-order chi connectivity index (χ1) is 11.3. The molecule has 7 heteroatoms. The number of rotatable bonds is 3. The van der Waals surface area contributed by atoms with E-state index in [9.17, 15) is 0 Å². The second-order valence-corrected chi connectivity index (χ2v) is 5.69. The molecule has 0 bridgehead atoms. The Bertz CT molecular complexity index is 837. The van der Waals surface area contributed by atoms with Gasteiger partial charge in [0, 0.05) is 18.9 Å². The summed E-state index contributed by atoms with van der Waals surface area (Å²) in [5.74, 6) is 3.79. The highest BCUT2D eigenvalue weighted by molar-refractivity contribution is 5.46. The van der Waals surface area contributed by atoms with Crippen LogP contribution in [0.15, 0.2) is 30.6 Å². The fourth-order valence-corrected chi connectivity index (χ4v) is 3.13. The zero-order valence-electron chi connectivity index (χ0n) is 13.2. The average molecular weight is 310 g/mol. The van der Waals surface area contributed by atoms with Gasteiger partial charge in [0.05, 0.1) is 7.11 Å². The maximum atomic E-state index is 5.48. The number of ether oxygens (including phenoxy) is 1. The predicted molar refractivity (Wildman–Crippen MR) is 83.7 cm³/mol. The Hall–Kier alpha value is -2.70. The minimum atomic E-state index is 0.276. The predicted octanol–water partition coefficient (Wildman–Crippen LogP) is 1.91. The van der Waals surface area contributed by atoms with E-state index >= 15 is 0 Å². The number of methoxy groups -OCH3 is 1. The van der Waals surface area contributed by atoms with E-state index in [2.05, 4.69) is 20.2 Å². The van der Waals surface area contributed by atoms with Gasteiger partial charge in [0.25, 0.3) is 0 Å². The monoisotopic (exact) mass is 310 g/mol. The molecule has 0 radical (unpaired) electrons. The summed E-state index contributed by atoms with van der Waals surface area (Å²) >= 11 is 0. The molecule has 2 aromatic heterocycles. The van der Waals surface area contributed by atoms with Gasteiger partial charge >= 0.3 is 0 Å². The van der Waals surface area contributed by atoms with Crippen LogP contribution in [0.1, 0.15) is 29.8 Å². The minimum Gasteiger partial charge on any atom is -0.494 e. The second-order valence-electron chi connectivity index (χ2n) is 5.69. The highest BCUT2D eigenvalue weighted by atomic mass is 16.5. The van der Waals surface area contributed by atoms with Crippen molar-refractivity contribution in [3.05, 3.63) is 48.1 Å². The van der Waals surface area contributed by atoms with Gasteiger partial charge < -0.3 is 4.74 Å². The minimum absolute atomic E-state index is 0.276. The third-order valence-corrected chi connectivity index (χ3v) is 4.23. The first-order valence-corrected chi connectivity index (χ1v) is 7.70. The molecule has 0 amide bonds. The Morgan fingerprint density at radius 1 is 1.26 bits per heavy atom. The van der Waals surface area contributed by atoms with E-state index in [1.54, 1.807) is 13.4 Å². The van der Waals surface area contributed by atoms with Crippen LogP contribution in [0.5, 0.6) is 5.75 Å². The molecule has 1 unspecified atom stereocenters. The first kappa shape index (κ1) is 13.9. The van der Waals surface area contributed by atoms with Gasteiger partial charge in [-0.2, -0.15) is 10.2 Å². The maximum absolute atomic E-state index is 5.48. The van der Waals surface area contributed by atoms with E-state index in [1.165, 1.54) is 0 Å². The molecule has 1 aromatic carbocycles. The molecule has 3 heterocycles. The van der Waals surface area contributed by atoms with Gasteiger partial charge in [-0.05, 0) is 25.5 Å². The molecule has 3 aromatic rings. The number of hydrogen-bond donors (Lipinski definition) is 0. The van der Waals surface area contributed by atoms with Crippen LogP contribution in [0.4, 0.5) is 0 Å². The number of nitrogens with zero attached hydrogens (tertiary/aromatic N) is 6. The molecule has 1 aliphatic heterocycles. The zero-order chi connectivity index (χ0) is 15.8. The van der Waals surface area contributed by atoms with Crippen LogP contribution in [-0.2, 0) is 13.0 Å². The van der Waals surface area contributed by atoms with E-state index in [-0.39, 0.29) is 5.92 Å². The molecule has 4 rings (SSSR count). The Morgan fingerprint density at radius 2 is 2.13 bits per heavy atom. The van der Waals surface area contributed by atoms with Gasteiger partial charge in [-0.25, -0.2) is 14.6 Å². The summed E-state index contributed by atoms with van der Waals surface area (Å²) in [4.78, 5) is 9.03. The van der Waals surface area contributed by atoms with Crippen LogP contribution >= 0.6 is 0 Å². The summed E-state index contributed by atoms with van der Waals surface area (Å²) in [7, 11) is 1.67. The van der Waals surface area contributed by atoms with Gasteiger partial charge in [-0.1, -0.05) is 12.1 Å². The molecule has 0 fully saturated rings. The smallest absolute Gasteiger partial charge is 0.148 e. The van der Waals surface area contributed by atoms with Crippen LogP contribution < -0.4 is 4.74 Å². The number of aryl methyl sites for hydroxylation is 2. The lowest BCUT2D eigenvalue weighted by atomic mass is 9.97. The average Bonchev–Trinajstić information content (AvgIpc) is 3.20. The molecule has 23 heavy (non-hydrogen) atoms. The van der Waals surface area contributed by atoms with Crippen LogP contribution in [0.3, 0.4) is 0 Å². The van der Waals surface area contributed by atoms with Crippen LogP contribution in [0, 0.1) is 6.92 Å². The number of aromatic nitrogens is 6. The largest absolute Gasteiger partial charge is 0.494 e. The third-order valence-electron chi connectivity index (χ3n) is 4.23. The van der Waals surface area contributed by atoms with Gasteiger partial charge in [0.15, 0.2) is 0 Å². The Kier molecular flexibility index (Phi) is 3.33. The zero-order valence-corrected chi connectivity index (χ0v) is 13.2. The summed E-state index contributed by atoms with van der Waals surface area (Å²) in [5.41, 5.74) is 0.914. The topological polar surface area (TPSA) is 70.7 Å². The molecule has 0 spiro atoms. The van der Waals surface area contributed by atoms with Crippen molar-refractivity contribution in [2.45, 2.75) is 32.2 Å². The van der Waals surface area contributed by atoms with Crippen molar-refractivity contribution < 1.29 is 4.74 Å². The molecule has 0 saturated carbocycles. The summed E-state index contributed by atoms with van der Waals surface area (Å²) in [6, 6.07) is 7.88. The van der Waals surface area contributed by atoms with E-state index in [1.807, 2.05) is 40.6 Å². The molecule has 1 atom stereocenters. The lowest BCUT2D eigenvalue weighted by Gasteiger charge is -2.22. The first-order valence-electron chi connectivity index (χ1n) is 7.70. The van der Waals surface area contributed by atoms with Crippen molar-refractivity contribution in [3.8, 4) is 11.4 Å². The lowest BCUT2D eigenvalue weighted by molar-refractivity contribution is 0.403. The fourth-order valence-electron chi connectivity index (χ4n) is 3.13. The van der Waals surface area contributed by atoms with Crippen molar-refractivity contribution in [2.24, 2.45) is 0 Å². The Balaban J connectivity index is 1.76. The molecule has 7 nitrogen and oxygen atoms in total. The van der Waals surface area contributed by atoms with E-state index in [0.29, 0.717) is 0 Å². The fraction of sp³-hybridized carbons (Fsp3) is 0.375. The van der Waals surface area contributed by atoms with Gasteiger partial charge in [-0.15, -0.1) is 0 Å². The molecular weight excluding hydrogens is 292 g/mol. The summed E-state index contributed by atoms with van der Waals surface area (Å²) in [6.07, 6.45) is 3.42. The summed E-state index contributed by atoms with van der Waals surface area (Å²) in [6.45, 7) is 2.78. The SMILES string of the molecule is COc1ccccc1-n1nc(C)nc1C1CCn2ncnc2C1. The van der Waals surface area contributed by atoms with Crippen molar-refractivity contribution >= 4 is 0 Å². The quantitative estimate of drug-likeness (QED) is 0.739. The van der Waals surface area contributed by atoms with Crippen LogP contribution in [0.2, 0.25) is 0 Å². The molecule has 118 valence electrons. The van der Waals surface area contributed by atoms with E-state index < -0.39 is 0 Å². The van der Waals surface area contributed by atoms with Crippen LogP contribution in [0.25, 0.3) is 5.69 Å². The number of hydrogen-bond acceptors (Lipinski definition) is 5. The molecule has 0 aliphatic carbocycles. The second kappa shape index (κ2) is 5.49. The van der Waals surface area contributed by atoms with Gasteiger partial charge in [0.1, 0.15) is 35.2 Å². The van der Waals surface area contributed by atoms with E-state index in [4.69, 9.17) is 4.74 Å². The Morgan fingerprint density at radius 3 is 3.00 bits per heavy atom. The summed E-state index contributed by atoms with van der Waals surface area (Å²) < 4.78 is 9.35. The van der Waals surface area contributed by atoms with Crippen molar-refractivity contribution in [1.29, 1.82) is 0 Å². The van der Waals surface area contributed by atoms with Crippen molar-refractivity contribution in [2.75, 3.05) is 7.11 Å². The van der Waals surface area contributed by atoms with Gasteiger partial charge in [-0.3, -0.25) is 4.68 Å². The highest BCUT2D eigenvalue weighted by Crippen LogP contribution is 2.31. The van der Waals surface area contributed by atoms with Gasteiger partial charge in [0.2, 0.25) is 0 Å². The highest BCUT2D eigenvalue weighted by Gasteiger charge is 2.27. The Labute approximate surface area is 133 Å².